The number of methoxy groups -OCH3 is 1. The first-order valence-electron chi connectivity index (χ1n) is 6.29. The molecule has 0 radical (unpaired) electrons. The molecule has 6 heteroatoms. The summed E-state index contributed by atoms with van der Waals surface area (Å²) >= 11 is 0. The molecule has 0 unspecified atom stereocenters. The number of aromatic nitrogens is 1. The Balaban J connectivity index is 2.88. The largest absolute Gasteiger partial charge is 0.466 e. The van der Waals surface area contributed by atoms with Gasteiger partial charge in [0.25, 0.3) is 0 Å². The predicted octanol–water partition coefficient (Wildman–Crippen LogP) is 2.11. The molecule has 108 valence electrons. The van der Waals surface area contributed by atoms with Gasteiger partial charge in [-0.2, -0.15) is 0 Å². The predicted molar refractivity (Wildman–Crippen MR) is 74.2 cm³/mol. The quantitative estimate of drug-likeness (QED) is 0.609. The second-order valence-electron chi connectivity index (χ2n) is 3.81. The van der Waals surface area contributed by atoms with E-state index in [-0.39, 0.29) is 0 Å². The van der Waals surface area contributed by atoms with Gasteiger partial charge in [0.05, 0.1) is 13.3 Å². The number of carbonyl (C=O) groups excluding carboxylic acids is 2. The van der Waals surface area contributed by atoms with Crippen molar-refractivity contribution in [1.82, 2.24) is 9.88 Å². The van der Waals surface area contributed by atoms with Gasteiger partial charge in [-0.05, 0) is 26.0 Å². The molecule has 0 saturated carbocycles. The van der Waals surface area contributed by atoms with Crippen LogP contribution in [0.2, 0.25) is 0 Å². The van der Waals surface area contributed by atoms with E-state index in [0.29, 0.717) is 24.4 Å². The first kappa shape index (κ1) is 15.7. The summed E-state index contributed by atoms with van der Waals surface area (Å²) in [6.07, 6.45) is 5.29. The topological polar surface area (TPSA) is 68.7 Å². The van der Waals surface area contributed by atoms with E-state index in [0.717, 1.165) is 0 Å². The molecule has 1 heterocycles. The van der Waals surface area contributed by atoms with E-state index in [2.05, 4.69) is 9.72 Å². The lowest BCUT2D eigenvalue weighted by Gasteiger charge is -2.18. The highest BCUT2D eigenvalue weighted by Crippen LogP contribution is 2.19. The van der Waals surface area contributed by atoms with Crippen LogP contribution >= 0.6 is 0 Å². The second-order valence-corrected chi connectivity index (χ2v) is 3.81. The molecular weight excluding hydrogens is 260 g/mol. The van der Waals surface area contributed by atoms with Crippen LogP contribution in [-0.2, 0) is 9.53 Å². The maximum Gasteiger partial charge on any atom is 0.415 e. The Morgan fingerprint density at radius 3 is 2.65 bits per heavy atom. The van der Waals surface area contributed by atoms with Gasteiger partial charge in [-0.1, -0.05) is 0 Å². The van der Waals surface area contributed by atoms with Crippen molar-refractivity contribution in [2.75, 3.05) is 20.2 Å². The van der Waals surface area contributed by atoms with E-state index in [1.807, 2.05) is 13.8 Å². The molecule has 0 aliphatic heterocycles. The Morgan fingerprint density at radius 1 is 1.35 bits per heavy atom. The molecule has 0 aliphatic carbocycles. The van der Waals surface area contributed by atoms with Gasteiger partial charge < -0.3 is 14.4 Å². The van der Waals surface area contributed by atoms with Crippen LogP contribution in [0.3, 0.4) is 0 Å². The normalized spacial score (nSPS) is 10.3. The van der Waals surface area contributed by atoms with E-state index in [1.54, 1.807) is 17.2 Å². The van der Waals surface area contributed by atoms with Crippen molar-refractivity contribution in [1.29, 1.82) is 0 Å². The Morgan fingerprint density at radius 2 is 2.05 bits per heavy atom. The van der Waals surface area contributed by atoms with Crippen LogP contribution in [0.5, 0.6) is 5.75 Å². The summed E-state index contributed by atoms with van der Waals surface area (Å²) in [4.78, 5) is 28.4. The minimum absolute atomic E-state index is 0.296. The van der Waals surface area contributed by atoms with Crippen LogP contribution in [0, 0.1) is 0 Å². The molecule has 1 aromatic rings. The van der Waals surface area contributed by atoms with Gasteiger partial charge in [0.2, 0.25) is 0 Å². The summed E-state index contributed by atoms with van der Waals surface area (Å²) in [7, 11) is 1.29. The van der Waals surface area contributed by atoms with Crippen molar-refractivity contribution < 1.29 is 19.1 Å². The molecular formula is C14H18N2O4. The molecule has 0 aliphatic rings. The molecule has 0 aromatic carbocycles. The number of ether oxygens (including phenoxy) is 2. The van der Waals surface area contributed by atoms with Gasteiger partial charge >= 0.3 is 12.1 Å². The van der Waals surface area contributed by atoms with Gasteiger partial charge in [-0.15, -0.1) is 0 Å². The van der Waals surface area contributed by atoms with Crippen LogP contribution in [0.1, 0.15) is 19.4 Å². The van der Waals surface area contributed by atoms with E-state index >= 15 is 0 Å². The lowest BCUT2D eigenvalue weighted by atomic mass is 10.2. The first-order chi connectivity index (χ1) is 9.62. The number of hydrogen-bond donors (Lipinski definition) is 0. The highest BCUT2D eigenvalue weighted by Gasteiger charge is 2.13. The minimum Gasteiger partial charge on any atom is -0.466 e. The maximum absolute atomic E-state index is 11.9. The Labute approximate surface area is 118 Å². The molecule has 0 fully saturated rings. The third-order valence-electron chi connectivity index (χ3n) is 2.64. The molecule has 0 N–H and O–H groups in total. The second kappa shape index (κ2) is 7.93. The van der Waals surface area contributed by atoms with Gasteiger partial charge in [0, 0.05) is 30.9 Å². The van der Waals surface area contributed by atoms with Gasteiger partial charge in [0.1, 0.15) is 0 Å². The monoisotopic (exact) mass is 278 g/mol. The molecule has 0 bridgehead atoms. The number of rotatable bonds is 5. The van der Waals surface area contributed by atoms with Gasteiger partial charge in [-0.25, -0.2) is 9.59 Å². The molecule has 20 heavy (non-hydrogen) atoms. The van der Waals surface area contributed by atoms with Crippen molar-refractivity contribution in [3.63, 3.8) is 0 Å². The standard InChI is InChI=1S/C14H18N2O4/c1-4-16(5-2)14(18)20-12-10-15-9-8-11(12)6-7-13(17)19-3/h6-10H,4-5H2,1-3H3/b7-6+. The number of carbonyl (C=O) groups is 2. The molecule has 0 spiro atoms. The van der Waals surface area contributed by atoms with Crippen LogP contribution in [0.4, 0.5) is 4.79 Å². The van der Waals surface area contributed by atoms with Gasteiger partial charge in [-0.3, -0.25) is 4.98 Å². The van der Waals surface area contributed by atoms with E-state index in [9.17, 15) is 9.59 Å². The fraction of sp³-hybridized carbons (Fsp3) is 0.357. The molecule has 0 saturated heterocycles. The lowest BCUT2D eigenvalue weighted by molar-refractivity contribution is -0.134. The summed E-state index contributed by atoms with van der Waals surface area (Å²) < 4.78 is 9.79. The molecule has 1 amide bonds. The third-order valence-corrected chi connectivity index (χ3v) is 2.64. The molecule has 1 rings (SSSR count). The van der Waals surface area contributed by atoms with Crippen molar-refractivity contribution in [3.05, 3.63) is 30.1 Å². The zero-order chi connectivity index (χ0) is 15.0. The summed E-state index contributed by atoms with van der Waals surface area (Å²) in [6, 6.07) is 1.64. The summed E-state index contributed by atoms with van der Waals surface area (Å²) in [6.45, 7) is 4.85. The van der Waals surface area contributed by atoms with Crippen LogP contribution < -0.4 is 4.74 Å². The van der Waals surface area contributed by atoms with Crippen LogP contribution in [-0.4, -0.2) is 42.1 Å². The molecule has 0 atom stereocenters. The van der Waals surface area contributed by atoms with Crippen molar-refractivity contribution in [2.45, 2.75) is 13.8 Å². The fourth-order valence-corrected chi connectivity index (χ4v) is 1.48. The lowest BCUT2D eigenvalue weighted by Crippen LogP contribution is -2.33. The number of pyridine rings is 1. The van der Waals surface area contributed by atoms with E-state index < -0.39 is 12.1 Å². The zero-order valence-electron chi connectivity index (χ0n) is 11.8. The zero-order valence-corrected chi connectivity index (χ0v) is 11.8. The van der Waals surface area contributed by atoms with Crippen molar-refractivity contribution in [3.8, 4) is 5.75 Å². The number of amides is 1. The molecule has 1 aromatic heterocycles. The average Bonchev–Trinajstić information content (AvgIpc) is 2.47. The summed E-state index contributed by atoms with van der Waals surface area (Å²) in [5.74, 6) is -0.188. The van der Waals surface area contributed by atoms with Crippen LogP contribution in [0.25, 0.3) is 6.08 Å². The molecule has 6 nitrogen and oxygen atoms in total. The van der Waals surface area contributed by atoms with E-state index in [4.69, 9.17) is 4.74 Å². The average molecular weight is 278 g/mol. The highest BCUT2D eigenvalue weighted by atomic mass is 16.6. The number of nitrogens with zero attached hydrogens (tertiary/aromatic N) is 2. The van der Waals surface area contributed by atoms with Crippen molar-refractivity contribution >= 4 is 18.1 Å². The summed E-state index contributed by atoms with van der Waals surface area (Å²) in [5, 5.41) is 0. The summed E-state index contributed by atoms with van der Waals surface area (Å²) in [5.41, 5.74) is 0.575. The maximum atomic E-state index is 11.9. The third kappa shape index (κ3) is 4.38. The Hall–Kier alpha value is -2.37. The SMILES string of the molecule is CCN(CC)C(=O)Oc1cnccc1/C=C/C(=O)OC. The fourth-order valence-electron chi connectivity index (χ4n) is 1.48. The van der Waals surface area contributed by atoms with Gasteiger partial charge in [0.15, 0.2) is 5.75 Å². The minimum atomic E-state index is -0.483. The first-order valence-corrected chi connectivity index (χ1v) is 6.29. The van der Waals surface area contributed by atoms with E-state index in [1.165, 1.54) is 25.5 Å². The van der Waals surface area contributed by atoms with Crippen LogP contribution in [0.15, 0.2) is 24.5 Å². The highest BCUT2D eigenvalue weighted by molar-refractivity contribution is 5.87. The number of hydrogen-bond acceptors (Lipinski definition) is 5. The Bertz CT molecular complexity index is 496. The Kier molecular flexibility index (Phi) is 6.22. The van der Waals surface area contributed by atoms with Crippen molar-refractivity contribution in [2.24, 2.45) is 0 Å². The smallest absolute Gasteiger partial charge is 0.415 e. The number of esters is 1.